The molecule has 2 aromatic rings. The summed E-state index contributed by atoms with van der Waals surface area (Å²) in [4.78, 5) is 17.5. The molecule has 0 aromatic heterocycles. The van der Waals surface area contributed by atoms with Crippen LogP contribution < -0.4 is 9.80 Å². The second kappa shape index (κ2) is 17.7. The fourth-order valence-electron chi connectivity index (χ4n) is 4.59. The highest BCUT2D eigenvalue weighted by Gasteiger charge is 2.23. The van der Waals surface area contributed by atoms with Crippen LogP contribution in [0.2, 0.25) is 0 Å². The molecule has 0 spiro atoms. The first-order valence-corrected chi connectivity index (χ1v) is 14.4. The predicted octanol–water partition coefficient (Wildman–Crippen LogP) is 5.50. The zero-order valence-electron chi connectivity index (χ0n) is 24.7. The maximum Gasteiger partial charge on any atom is 0.185 e. The Morgan fingerprint density at radius 3 is 1.60 bits per heavy atom. The summed E-state index contributed by atoms with van der Waals surface area (Å²) in [7, 11) is 3.71. The van der Waals surface area contributed by atoms with E-state index >= 15 is 0 Å². The number of allylic oxidation sites excluding steroid dienone is 2. The first kappa shape index (κ1) is 31.6. The van der Waals surface area contributed by atoms with Gasteiger partial charge in [-0.2, -0.15) is 0 Å². The summed E-state index contributed by atoms with van der Waals surface area (Å²) in [6, 6.07) is 16.8. The van der Waals surface area contributed by atoms with Gasteiger partial charge >= 0.3 is 0 Å². The van der Waals surface area contributed by atoms with Crippen LogP contribution in [0.4, 0.5) is 11.4 Å². The molecule has 2 aromatic carbocycles. The van der Waals surface area contributed by atoms with Crippen LogP contribution in [0.3, 0.4) is 0 Å². The fourth-order valence-corrected chi connectivity index (χ4v) is 4.59. The molecule has 1 aliphatic carbocycles. The fraction of sp³-hybridized carbons (Fsp3) is 0.485. The van der Waals surface area contributed by atoms with E-state index in [1.807, 2.05) is 12.2 Å². The first-order valence-electron chi connectivity index (χ1n) is 14.4. The number of methoxy groups -OCH3 is 1. The van der Waals surface area contributed by atoms with Gasteiger partial charge in [-0.3, -0.25) is 4.79 Å². The van der Waals surface area contributed by atoms with Crippen molar-refractivity contribution in [1.29, 1.82) is 0 Å². The Morgan fingerprint density at radius 2 is 1.12 bits per heavy atom. The van der Waals surface area contributed by atoms with Crippen LogP contribution in [-0.4, -0.2) is 85.8 Å². The molecule has 1 aliphatic rings. The second-order valence-corrected chi connectivity index (χ2v) is 9.78. The zero-order chi connectivity index (χ0) is 28.6. The molecule has 0 amide bonds. The SMILES string of the molecule is CCN(CC)c1ccc(/C=C2/CC/C(=C/c3ccc(N(C)CCOCCOCCOCCOC)cc3)C2=O)cc1. The summed E-state index contributed by atoms with van der Waals surface area (Å²) in [5.74, 6) is 0.161. The number of benzene rings is 2. The number of Topliss-reactive ketones (excluding diaryl/α,β-unsaturated/α-hetero) is 1. The third-order valence-corrected chi connectivity index (χ3v) is 7.03. The third-order valence-electron chi connectivity index (χ3n) is 7.03. The molecule has 3 rings (SSSR count). The Hall–Kier alpha value is -2.97. The lowest BCUT2D eigenvalue weighted by molar-refractivity contribution is -0.111. The van der Waals surface area contributed by atoms with Gasteiger partial charge in [-0.1, -0.05) is 24.3 Å². The lowest BCUT2D eigenvalue weighted by Crippen LogP contribution is -2.23. The van der Waals surface area contributed by atoms with Crippen LogP contribution in [0.15, 0.2) is 59.7 Å². The minimum atomic E-state index is 0.161. The monoisotopic (exact) mass is 550 g/mol. The third kappa shape index (κ3) is 10.2. The number of ether oxygens (including phenoxy) is 4. The molecule has 218 valence electrons. The molecule has 0 heterocycles. The summed E-state index contributed by atoms with van der Waals surface area (Å²) in [5, 5.41) is 0. The zero-order valence-corrected chi connectivity index (χ0v) is 24.7. The Bertz CT molecular complexity index is 1080. The predicted molar refractivity (Wildman–Crippen MR) is 164 cm³/mol. The highest BCUT2D eigenvalue weighted by atomic mass is 16.6. The van der Waals surface area contributed by atoms with Crippen LogP contribution in [0.25, 0.3) is 12.2 Å². The largest absolute Gasteiger partial charge is 0.382 e. The molecule has 0 atom stereocenters. The Labute approximate surface area is 240 Å². The summed E-state index contributed by atoms with van der Waals surface area (Å²) >= 11 is 0. The Kier molecular flexibility index (Phi) is 13.9. The van der Waals surface area contributed by atoms with Crippen LogP contribution in [-0.2, 0) is 23.7 Å². The van der Waals surface area contributed by atoms with Crippen molar-refractivity contribution in [3.8, 4) is 0 Å². The number of carbonyl (C=O) groups excluding carboxylic acids is 1. The van der Waals surface area contributed by atoms with E-state index in [0.717, 1.165) is 60.4 Å². The molecule has 1 fully saturated rings. The maximum atomic E-state index is 13.1. The normalized spacial score (nSPS) is 15.3. The van der Waals surface area contributed by atoms with Gasteiger partial charge in [-0.25, -0.2) is 0 Å². The van der Waals surface area contributed by atoms with Crippen LogP contribution in [0, 0.1) is 0 Å². The molecule has 0 saturated heterocycles. The van der Waals surface area contributed by atoms with Gasteiger partial charge in [0.1, 0.15) is 0 Å². The molecule has 0 radical (unpaired) electrons. The van der Waals surface area contributed by atoms with E-state index in [1.54, 1.807) is 7.11 Å². The lowest BCUT2D eigenvalue weighted by atomic mass is 10.1. The molecular formula is C33H46N2O5. The molecular weight excluding hydrogens is 504 g/mol. The Morgan fingerprint density at radius 1 is 0.675 bits per heavy atom. The molecule has 1 saturated carbocycles. The van der Waals surface area contributed by atoms with Crippen molar-refractivity contribution < 1.29 is 23.7 Å². The smallest absolute Gasteiger partial charge is 0.185 e. The minimum Gasteiger partial charge on any atom is -0.382 e. The average Bonchev–Trinajstić information content (AvgIpc) is 3.31. The van der Waals surface area contributed by atoms with Crippen molar-refractivity contribution in [3.63, 3.8) is 0 Å². The topological polar surface area (TPSA) is 60.5 Å². The summed E-state index contributed by atoms with van der Waals surface area (Å²) in [5.41, 5.74) is 6.22. The Balaban J connectivity index is 1.41. The van der Waals surface area contributed by atoms with Gasteiger partial charge in [-0.15, -0.1) is 0 Å². The summed E-state index contributed by atoms with van der Waals surface area (Å²) in [6.07, 6.45) is 5.64. The van der Waals surface area contributed by atoms with Crippen molar-refractivity contribution in [2.24, 2.45) is 0 Å². The van der Waals surface area contributed by atoms with Crippen molar-refractivity contribution >= 4 is 29.3 Å². The maximum absolute atomic E-state index is 13.1. The van der Waals surface area contributed by atoms with Gasteiger partial charge in [0.05, 0.1) is 46.2 Å². The molecule has 0 aliphatic heterocycles. The summed E-state index contributed by atoms with van der Waals surface area (Å²) < 4.78 is 21.5. The van der Waals surface area contributed by atoms with Crippen LogP contribution >= 0.6 is 0 Å². The number of likely N-dealkylation sites (N-methyl/N-ethyl adjacent to an activating group) is 1. The van der Waals surface area contributed by atoms with E-state index in [-0.39, 0.29) is 5.78 Å². The van der Waals surface area contributed by atoms with E-state index in [2.05, 4.69) is 79.2 Å². The number of anilines is 2. The molecule has 7 nitrogen and oxygen atoms in total. The van der Waals surface area contributed by atoms with E-state index in [4.69, 9.17) is 18.9 Å². The lowest BCUT2D eigenvalue weighted by Gasteiger charge is -2.20. The van der Waals surface area contributed by atoms with Gasteiger partial charge in [0.15, 0.2) is 5.78 Å². The number of nitrogens with zero attached hydrogens (tertiary/aromatic N) is 2. The van der Waals surface area contributed by atoms with E-state index in [1.165, 1.54) is 5.69 Å². The van der Waals surface area contributed by atoms with Crippen molar-refractivity contribution in [2.75, 3.05) is 89.8 Å². The van der Waals surface area contributed by atoms with Gasteiger partial charge in [0.2, 0.25) is 0 Å². The highest BCUT2D eigenvalue weighted by molar-refractivity contribution is 6.15. The molecule has 0 unspecified atom stereocenters. The average molecular weight is 551 g/mol. The molecule has 0 N–H and O–H groups in total. The van der Waals surface area contributed by atoms with Crippen molar-refractivity contribution in [1.82, 2.24) is 0 Å². The molecule has 40 heavy (non-hydrogen) atoms. The minimum absolute atomic E-state index is 0.161. The van der Waals surface area contributed by atoms with E-state index < -0.39 is 0 Å². The number of carbonyl (C=O) groups is 1. The molecule has 0 bridgehead atoms. The van der Waals surface area contributed by atoms with Gasteiger partial charge in [0, 0.05) is 56.3 Å². The van der Waals surface area contributed by atoms with Gasteiger partial charge < -0.3 is 28.7 Å². The van der Waals surface area contributed by atoms with Gasteiger partial charge in [0.25, 0.3) is 0 Å². The van der Waals surface area contributed by atoms with Crippen LogP contribution in [0.5, 0.6) is 0 Å². The number of hydrogen-bond acceptors (Lipinski definition) is 7. The number of rotatable bonds is 18. The molecule has 7 heteroatoms. The quantitative estimate of drug-likeness (QED) is 0.180. The van der Waals surface area contributed by atoms with E-state index in [0.29, 0.717) is 46.2 Å². The second-order valence-electron chi connectivity index (χ2n) is 9.78. The van der Waals surface area contributed by atoms with Gasteiger partial charge in [-0.05, 0) is 74.2 Å². The number of ketones is 1. The van der Waals surface area contributed by atoms with Crippen LogP contribution in [0.1, 0.15) is 37.8 Å². The van der Waals surface area contributed by atoms with Crippen molar-refractivity contribution in [2.45, 2.75) is 26.7 Å². The standard InChI is InChI=1S/C33H46N2O5/c1-5-35(6-2)32-15-9-28(10-16-32)26-30-12-11-29(33(30)36)25-27-7-13-31(14-8-27)34(3)17-18-38-21-22-40-24-23-39-20-19-37-4/h7-10,13-16,25-26H,5-6,11-12,17-24H2,1-4H3/b29-25-,30-26-. The first-order chi connectivity index (χ1) is 19.5. The van der Waals surface area contributed by atoms with Crippen molar-refractivity contribution in [3.05, 3.63) is 70.8 Å². The highest BCUT2D eigenvalue weighted by Crippen LogP contribution is 2.30. The number of hydrogen-bond donors (Lipinski definition) is 0. The summed E-state index contributed by atoms with van der Waals surface area (Å²) in [6.45, 7) is 11.1. The van der Waals surface area contributed by atoms with E-state index in [9.17, 15) is 4.79 Å².